The Morgan fingerprint density at radius 2 is 1.71 bits per heavy atom. The first-order valence-electron chi connectivity index (χ1n) is 5.26. The summed E-state index contributed by atoms with van der Waals surface area (Å²) in [6.07, 6.45) is 12.4. The molecule has 74 valence electrons. The maximum atomic E-state index is 2.25. The van der Waals surface area contributed by atoms with E-state index < -0.39 is 0 Å². The van der Waals surface area contributed by atoms with Crippen LogP contribution in [0.25, 0.3) is 6.08 Å². The summed E-state index contributed by atoms with van der Waals surface area (Å²) in [6, 6.07) is 10.4. The Balaban J connectivity index is 2.21. The van der Waals surface area contributed by atoms with Crippen molar-refractivity contribution in [2.45, 2.75) is 26.2 Å². The fraction of sp³-hybridized carbons (Fsp3) is 0.286. The second-order valence-electron chi connectivity index (χ2n) is 3.31. The minimum atomic E-state index is 1.17. The molecule has 0 aliphatic heterocycles. The number of allylic oxidation sites excluding steroid dienone is 3. The van der Waals surface area contributed by atoms with Crippen molar-refractivity contribution in [2.24, 2.45) is 0 Å². The van der Waals surface area contributed by atoms with Crippen molar-refractivity contribution in [3.63, 3.8) is 0 Å². The van der Waals surface area contributed by atoms with E-state index in [1.165, 1.54) is 24.8 Å². The van der Waals surface area contributed by atoms with E-state index in [0.717, 1.165) is 0 Å². The van der Waals surface area contributed by atoms with Crippen molar-refractivity contribution in [3.8, 4) is 0 Å². The van der Waals surface area contributed by atoms with Crippen LogP contribution in [0, 0.1) is 0 Å². The summed E-state index contributed by atoms with van der Waals surface area (Å²) in [5.41, 5.74) is 1.29. The quantitative estimate of drug-likeness (QED) is 0.471. The number of hydrogen-bond donors (Lipinski definition) is 0. The van der Waals surface area contributed by atoms with E-state index >= 15 is 0 Å². The fourth-order valence-corrected chi connectivity index (χ4v) is 1.30. The molecule has 1 aromatic rings. The highest BCUT2D eigenvalue weighted by molar-refractivity contribution is 5.48. The molecule has 0 fully saturated rings. The zero-order valence-electron chi connectivity index (χ0n) is 8.82. The van der Waals surface area contributed by atoms with Crippen LogP contribution in [0.15, 0.2) is 48.6 Å². The van der Waals surface area contributed by atoms with E-state index in [0.29, 0.717) is 0 Å². The van der Waals surface area contributed by atoms with Crippen molar-refractivity contribution in [3.05, 3.63) is 54.1 Å². The molecule has 1 rings (SSSR count). The number of benzene rings is 1. The lowest BCUT2D eigenvalue weighted by Gasteiger charge is -1.92. The van der Waals surface area contributed by atoms with Crippen LogP contribution >= 0.6 is 0 Å². The van der Waals surface area contributed by atoms with Gasteiger partial charge < -0.3 is 0 Å². The molecule has 0 N–H and O–H groups in total. The van der Waals surface area contributed by atoms with Gasteiger partial charge in [0.05, 0.1) is 0 Å². The third kappa shape index (κ3) is 4.66. The average molecular weight is 186 g/mol. The molecule has 0 nitrogen and oxygen atoms in total. The summed E-state index contributed by atoms with van der Waals surface area (Å²) in [5, 5.41) is 0. The Bertz CT molecular complexity index is 280. The predicted octanol–water partition coefficient (Wildman–Crippen LogP) is 4.45. The summed E-state index contributed by atoms with van der Waals surface area (Å²) < 4.78 is 0. The largest absolute Gasteiger partial charge is 0.0917 e. The predicted molar refractivity (Wildman–Crippen MR) is 64.1 cm³/mol. The summed E-state index contributed by atoms with van der Waals surface area (Å²) in [7, 11) is 0. The van der Waals surface area contributed by atoms with Gasteiger partial charge in [-0.15, -0.1) is 0 Å². The molecule has 0 heteroatoms. The van der Waals surface area contributed by atoms with E-state index in [1.54, 1.807) is 0 Å². The van der Waals surface area contributed by atoms with Gasteiger partial charge in [0.15, 0.2) is 0 Å². The second-order valence-corrected chi connectivity index (χ2v) is 3.31. The van der Waals surface area contributed by atoms with E-state index in [9.17, 15) is 0 Å². The Morgan fingerprint density at radius 3 is 2.43 bits per heavy atom. The normalized spacial score (nSPS) is 11.5. The maximum absolute atomic E-state index is 2.25. The van der Waals surface area contributed by atoms with E-state index in [-0.39, 0.29) is 0 Å². The van der Waals surface area contributed by atoms with Gasteiger partial charge in [0.1, 0.15) is 0 Å². The minimum absolute atomic E-state index is 1.17. The Morgan fingerprint density at radius 1 is 1.00 bits per heavy atom. The van der Waals surface area contributed by atoms with Crippen LogP contribution in [0.3, 0.4) is 0 Å². The Hall–Kier alpha value is -1.30. The van der Waals surface area contributed by atoms with Crippen molar-refractivity contribution in [1.82, 2.24) is 0 Å². The fourth-order valence-electron chi connectivity index (χ4n) is 1.30. The summed E-state index contributed by atoms with van der Waals surface area (Å²) in [6.45, 7) is 2.07. The van der Waals surface area contributed by atoms with Gasteiger partial charge in [-0.1, -0.05) is 54.6 Å². The van der Waals surface area contributed by atoms with Crippen LogP contribution in [-0.4, -0.2) is 0 Å². The zero-order valence-corrected chi connectivity index (χ0v) is 8.82. The van der Waals surface area contributed by atoms with Gasteiger partial charge in [-0.05, 0) is 31.7 Å². The molecule has 0 unspecified atom stereocenters. The molecule has 0 heterocycles. The Kier molecular flexibility index (Phi) is 5.49. The molecule has 14 heavy (non-hydrogen) atoms. The first-order valence-corrected chi connectivity index (χ1v) is 5.26. The highest BCUT2D eigenvalue weighted by Crippen LogP contribution is 2.04. The highest BCUT2D eigenvalue weighted by Gasteiger charge is 1.83. The van der Waals surface area contributed by atoms with Crippen LogP contribution in [-0.2, 0) is 0 Å². The lowest BCUT2D eigenvalue weighted by atomic mass is 10.1. The molecule has 0 aromatic heterocycles. The number of rotatable bonds is 5. The van der Waals surface area contributed by atoms with Gasteiger partial charge in [-0.2, -0.15) is 0 Å². The van der Waals surface area contributed by atoms with Crippen molar-refractivity contribution < 1.29 is 0 Å². The molecular formula is C14H18. The van der Waals surface area contributed by atoms with Gasteiger partial charge in [0.2, 0.25) is 0 Å². The zero-order chi connectivity index (χ0) is 10.1. The second kappa shape index (κ2) is 7.14. The van der Waals surface area contributed by atoms with Crippen LogP contribution in [0.2, 0.25) is 0 Å². The average Bonchev–Trinajstić information content (AvgIpc) is 2.25. The van der Waals surface area contributed by atoms with Crippen LogP contribution < -0.4 is 0 Å². The minimum Gasteiger partial charge on any atom is -0.0917 e. The molecule has 1 aromatic carbocycles. The molecule has 0 spiro atoms. The third-order valence-electron chi connectivity index (χ3n) is 2.09. The molecule has 0 bridgehead atoms. The number of unbranched alkanes of at least 4 members (excludes halogenated alkanes) is 2. The lowest BCUT2D eigenvalue weighted by Crippen LogP contribution is -1.71. The molecule has 0 saturated carbocycles. The van der Waals surface area contributed by atoms with Crippen LogP contribution in [0.5, 0.6) is 0 Å². The molecular weight excluding hydrogens is 168 g/mol. The molecule has 0 aliphatic carbocycles. The van der Waals surface area contributed by atoms with Crippen LogP contribution in [0.4, 0.5) is 0 Å². The molecule has 0 aliphatic rings. The first-order chi connectivity index (χ1) is 6.93. The molecule has 0 radical (unpaired) electrons. The Labute approximate surface area is 87.0 Å². The third-order valence-corrected chi connectivity index (χ3v) is 2.09. The van der Waals surface area contributed by atoms with Crippen LogP contribution in [0.1, 0.15) is 31.7 Å². The summed E-state index contributed by atoms with van der Waals surface area (Å²) >= 11 is 0. The van der Waals surface area contributed by atoms with E-state index in [2.05, 4.69) is 55.5 Å². The summed E-state index contributed by atoms with van der Waals surface area (Å²) in [4.78, 5) is 0. The van der Waals surface area contributed by atoms with Crippen molar-refractivity contribution >= 4 is 6.08 Å². The monoisotopic (exact) mass is 186 g/mol. The molecule has 0 atom stereocenters. The maximum Gasteiger partial charge on any atom is -0.0260 e. The standard InChI is InChI=1S/C14H18/c1-2-3-4-5-6-8-11-14-12-9-7-10-13-14/h2-3,7-13H,4-6H2,1H3. The van der Waals surface area contributed by atoms with Gasteiger partial charge in [0.25, 0.3) is 0 Å². The van der Waals surface area contributed by atoms with E-state index in [4.69, 9.17) is 0 Å². The van der Waals surface area contributed by atoms with Gasteiger partial charge in [-0.25, -0.2) is 0 Å². The smallest absolute Gasteiger partial charge is 0.0260 e. The molecule has 0 saturated heterocycles. The van der Waals surface area contributed by atoms with Gasteiger partial charge in [0, 0.05) is 0 Å². The summed E-state index contributed by atoms with van der Waals surface area (Å²) in [5.74, 6) is 0. The van der Waals surface area contributed by atoms with Gasteiger partial charge >= 0.3 is 0 Å². The number of hydrogen-bond acceptors (Lipinski definition) is 0. The van der Waals surface area contributed by atoms with Gasteiger partial charge in [-0.3, -0.25) is 0 Å². The van der Waals surface area contributed by atoms with Crippen molar-refractivity contribution in [1.29, 1.82) is 0 Å². The SMILES string of the molecule is CC=CCCCC=Cc1ccccc1. The van der Waals surface area contributed by atoms with Crippen molar-refractivity contribution in [2.75, 3.05) is 0 Å². The van der Waals surface area contributed by atoms with E-state index in [1.807, 2.05) is 6.07 Å². The molecule has 0 amide bonds. The topological polar surface area (TPSA) is 0 Å². The first kappa shape index (κ1) is 10.8. The lowest BCUT2D eigenvalue weighted by molar-refractivity contribution is 0.869. The highest BCUT2D eigenvalue weighted by atomic mass is 13.9.